The van der Waals surface area contributed by atoms with Gasteiger partial charge in [-0.05, 0) is 26.2 Å². The third-order valence-corrected chi connectivity index (χ3v) is 3.45. The zero-order chi connectivity index (χ0) is 14.4. The molecule has 1 aromatic carbocycles. The lowest BCUT2D eigenvalue weighted by Gasteiger charge is -2.30. The molecule has 1 heterocycles. The molecule has 1 amide bonds. The topological polar surface area (TPSA) is 47.6 Å². The second-order valence-electron chi connectivity index (χ2n) is 5.31. The SMILES string of the molecule is CN(C)CCNC(=O)c1ccccc1N1CCNCC1. The first-order valence-corrected chi connectivity index (χ1v) is 7.16. The van der Waals surface area contributed by atoms with Crippen LogP contribution >= 0.6 is 0 Å². The van der Waals surface area contributed by atoms with Crippen molar-refractivity contribution in [2.45, 2.75) is 0 Å². The number of piperazine rings is 1. The number of carbonyl (C=O) groups excluding carboxylic acids is 1. The van der Waals surface area contributed by atoms with Gasteiger partial charge in [0.25, 0.3) is 5.91 Å². The number of hydrogen-bond acceptors (Lipinski definition) is 4. The third kappa shape index (κ3) is 3.95. The van der Waals surface area contributed by atoms with Gasteiger partial charge in [0.1, 0.15) is 0 Å². The zero-order valence-corrected chi connectivity index (χ0v) is 12.4. The molecule has 1 aliphatic rings. The quantitative estimate of drug-likeness (QED) is 0.817. The van der Waals surface area contributed by atoms with Gasteiger partial charge >= 0.3 is 0 Å². The number of amides is 1. The molecule has 2 rings (SSSR count). The van der Waals surface area contributed by atoms with E-state index >= 15 is 0 Å². The molecule has 5 heteroatoms. The second kappa shape index (κ2) is 7.26. The first-order valence-electron chi connectivity index (χ1n) is 7.16. The molecule has 20 heavy (non-hydrogen) atoms. The number of nitrogens with zero attached hydrogens (tertiary/aromatic N) is 2. The summed E-state index contributed by atoms with van der Waals surface area (Å²) >= 11 is 0. The van der Waals surface area contributed by atoms with Gasteiger partial charge in [-0.2, -0.15) is 0 Å². The van der Waals surface area contributed by atoms with Crippen LogP contribution in [0.4, 0.5) is 5.69 Å². The number of para-hydroxylation sites is 1. The molecule has 0 radical (unpaired) electrons. The number of likely N-dealkylation sites (N-methyl/N-ethyl adjacent to an activating group) is 1. The van der Waals surface area contributed by atoms with Gasteiger partial charge in [0.15, 0.2) is 0 Å². The van der Waals surface area contributed by atoms with E-state index in [1.54, 1.807) is 0 Å². The Morgan fingerprint density at radius 3 is 2.70 bits per heavy atom. The maximum atomic E-state index is 12.3. The molecule has 110 valence electrons. The fourth-order valence-electron chi connectivity index (χ4n) is 2.34. The predicted molar refractivity (Wildman–Crippen MR) is 82.4 cm³/mol. The van der Waals surface area contributed by atoms with Gasteiger partial charge in [0, 0.05) is 45.0 Å². The Morgan fingerprint density at radius 1 is 1.30 bits per heavy atom. The van der Waals surface area contributed by atoms with Crippen molar-refractivity contribution in [3.63, 3.8) is 0 Å². The molecule has 0 unspecified atom stereocenters. The van der Waals surface area contributed by atoms with Crippen LogP contribution in [0.3, 0.4) is 0 Å². The highest BCUT2D eigenvalue weighted by atomic mass is 16.1. The molecule has 0 atom stereocenters. The van der Waals surface area contributed by atoms with Crippen LogP contribution in [-0.2, 0) is 0 Å². The first-order chi connectivity index (χ1) is 9.68. The molecular formula is C15H24N4O. The highest BCUT2D eigenvalue weighted by molar-refractivity contribution is 5.99. The predicted octanol–water partition coefficient (Wildman–Crippen LogP) is 0.388. The number of benzene rings is 1. The van der Waals surface area contributed by atoms with E-state index in [1.165, 1.54) is 0 Å². The highest BCUT2D eigenvalue weighted by Gasteiger charge is 2.17. The third-order valence-electron chi connectivity index (χ3n) is 3.45. The molecule has 0 bridgehead atoms. The van der Waals surface area contributed by atoms with Crippen LogP contribution in [-0.4, -0.2) is 64.2 Å². The molecule has 0 saturated carbocycles. The molecule has 0 aliphatic carbocycles. The van der Waals surface area contributed by atoms with Gasteiger partial charge in [-0.3, -0.25) is 4.79 Å². The Bertz CT molecular complexity index is 441. The summed E-state index contributed by atoms with van der Waals surface area (Å²) in [6.07, 6.45) is 0. The van der Waals surface area contributed by atoms with Crippen molar-refractivity contribution in [2.24, 2.45) is 0 Å². The van der Waals surface area contributed by atoms with Crippen molar-refractivity contribution in [3.8, 4) is 0 Å². The molecule has 2 N–H and O–H groups in total. The van der Waals surface area contributed by atoms with Crippen LogP contribution in [0, 0.1) is 0 Å². The standard InChI is InChI=1S/C15H24N4O/c1-18(2)10-9-17-15(20)13-5-3-4-6-14(13)19-11-7-16-8-12-19/h3-6,16H,7-12H2,1-2H3,(H,17,20). The smallest absolute Gasteiger partial charge is 0.253 e. The molecule has 5 nitrogen and oxygen atoms in total. The van der Waals surface area contributed by atoms with E-state index in [0.717, 1.165) is 44.0 Å². The summed E-state index contributed by atoms with van der Waals surface area (Å²) in [5, 5.41) is 6.32. The van der Waals surface area contributed by atoms with Gasteiger partial charge in [0.2, 0.25) is 0 Å². The number of anilines is 1. The number of nitrogens with one attached hydrogen (secondary N) is 2. The van der Waals surface area contributed by atoms with Gasteiger partial charge in [-0.15, -0.1) is 0 Å². The fraction of sp³-hybridized carbons (Fsp3) is 0.533. The van der Waals surface area contributed by atoms with Gasteiger partial charge in [-0.1, -0.05) is 12.1 Å². The summed E-state index contributed by atoms with van der Waals surface area (Å²) in [6.45, 7) is 5.35. The van der Waals surface area contributed by atoms with Crippen molar-refractivity contribution < 1.29 is 4.79 Å². The summed E-state index contributed by atoms with van der Waals surface area (Å²) in [7, 11) is 4.00. The molecule has 0 aromatic heterocycles. The molecule has 0 spiro atoms. The molecule has 1 saturated heterocycles. The number of rotatable bonds is 5. The van der Waals surface area contributed by atoms with E-state index in [2.05, 4.69) is 20.4 Å². The Balaban J connectivity index is 2.04. The van der Waals surface area contributed by atoms with E-state index in [-0.39, 0.29) is 5.91 Å². The summed E-state index contributed by atoms with van der Waals surface area (Å²) < 4.78 is 0. The summed E-state index contributed by atoms with van der Waals surface area (Å²) in [5.41, 5.74) is 1.81. The minimum Gasteiger partial charge on any atom is -0.368 e. The summed E-state index contributed by atoms with van der Waals surface area (Å²) in [5.74, 6) is 0.0148. The van der Waals surface area contributed by atoms with Crippen molar-refractivity contribution in [3.05, 3.63) is 29.8 Å². The highest BCUT2D eigenvalue weighted by Crippen LogP contribution is 2.20. The fourth-order valence-corrected chi connectivity index (χ4v) is 2.34. The summed E-state index contributed by atoms with van der Waals surface area (Å²) in [4.78, 5) is 16.7. The normalized spacial score (nSPS) is 15.4. The maximum Gasteiger partial charge on any atom is 0.253 e. The van der Waals surface area contributed by atoms with Crippen LogP contribution in [0.25, 0.3) is 0 Å². The Hall–Kier alpha value is -1.59. The largest absolute Gasteiger partial charge is 0.368 e. The van der Waals surface area contributed by atoms with E-state index in [0.29, 0.717) is 6.54 Å². The van der Waals surface area contributed by atoms with Crippen LogP contribution < -0.4 is 15.5 Å². The number of carbonyl (C=O) groups is 1. The van der Waals surface area contributed by atoms with Crippen molar-refractivity contribution in [1.29, 1.82) is 0 Å². The maximum absolute atomic E-state index is 12.3. The zero-order valence-electron chi connectivity index (χ0n) is 12.4. The molecule has 1 aromatic rings. The average molecular weight is 276 g/mol. The van der Waals surface area contributed by atoms with E-state index < -0.39 is 0 Å². The van der Waals surface area contributed by atoms with E-state index in [4.69, 9.17) is 0 Å². The molecule has 1 aliphatic heterocycles. The second-order valence-corrected chi connectivity index (χ2v) is 5.31. The minimum absolute atomic E-state index is 0.0148. The van der Waals surface area contributed by atoms with E-state index in [9.17, 15) is 4.79 Å². The van der Waals surface area contributed by atoms with Crippen molar-refractivity contribution in [1.82, 2.24) is 15.5 Å². The van der Waals surface area contributed by atoms with Crippen LogP contribution in [0.15, 0.2) is 24.3 Å². The Morgan fingerprint density at radius 2 is 2.00 bits per heavy atom. The van der Waals surface area contributed by atoms with Gasteiger partial charge in [0.05, 0.1) is 5.56 Å². The number of hydrogen-bond donors (Lipinski definition) is 2. The first kappa shape index (κ1) is 14.8. The Kier molecular flexibility index (Phi) is 5.38. The van der Waals surface area contributed by atoms with Gasteiger partial charge in [-0.25, -0.2) is 0 Å². The van der Waals surface area contributed by atoms with E-state index in [1.807, 2.05) is 38.4 Å². The minimum atomic E-state index is 0.0148. The monoisotopic (exact) mass is 276 g/mol. The van der Waals surface area contributed by atoms with Gasteiger partial charge < -0.3 is 20.4 Å². The lowest BCUT2D eigenvalue weighted by molar-refractivity contribution is 0.0951. The molecular weight excluding hydrogens is 252 g/mol. The van der Waals surface area contributed by atoms with Crippen LogP contribution in [0.2, 0.25) is 0 Å². The lowest BCUT2D eigenvalue weighted by Crippen LogP contribution is -2.44. The van der Waals surface area contributed by atoms with Crippen LogP contribution in [0.5, 0.6) is 0 Å². The summed E-state index contributed by atoms with van der Waals surface area (Å²) in [6, 6.07) is 7.86. The Labute approximate surface area is 120 Å². The van der Waals surface area contributed by atoms with Crippen molar-refractivity contribution >= 4 is 11.6 Å². The average Bonchev–Trinajstić information content (AvgIpc) is 2.47. The van der Waals surface area contributed by atoms with Crippen LogP contribution in [0.1, 0.15) is 10.4 Å². The molecule has 1 fully saturated rings. The lowest BCUT2D eigenvalue weighted by atomic mass is 10.1. The van der Waals surface area contributed by atoms with Crippen molar-refractivity contribution in [2.75, 3.05) is 58.3 Å².